The summed E-state index contributed by atoms with van der Waals surface area (Å²) in [4.78, 5) is 12.0. The first-order valence-corrected chi connectivity index (χ1v) is 12.7. The van der Waals surface area contributed by atoms with Gasteiger partial charge in [-0.25, -0.2) is 17.2 Å². The highest BCUT2D eigenvalue weighted by molar-refractivity contribution is 7.89. The molecule has 1 unspecified atom stereocenters. The van der Waals surface area contributed by atoms with Crippen LogP contribution in [0.25, 0.3) is 0 Å². The van der Waals surface area contributed by atoms with Crippen LogP contribution in [0.3, 0.4) is 0 Å². The van der Waals surface area contributed by atoms with Crippen LogP contribution < -0.4 is 5.32 Å². The van der Waals surface area contributed by atoms with E-state index < -0.39 is 38.1 Å². The van der Waals surface area contributed by atoms with Crippen molar-refractivity contribution >= 4 is 33.2 Å². The third-order valence-electron chi connectivity index (χ3n) is 6.39. The predicted octanol–water partition coefficient (Wildman–Crippen LogP) is 4.58. The summed E-state index contributed by atoms with van der Waals surface area (Å²) in [5.41, 5.74) is -0.745. The van der Waals surface area contributed by atoms with Crippen LogP contribution in [0.1, 0.15) is 48.9 Å². The van der Waals surface area contributed by atoms with Crippen molar-refractivity contribution in [3.8, 4) is 0 Å². The maximum atomic E-state index is 14.6. The summed E-state index contributed by atoms with van der Waals surface area (Å²) < 4.78 is 55.8. The predicted molar refractivity (Wildman–Crippen MR) is 121 cm³/mol. The summed E-state index contributed by atoms with van der Waals surface area (Å²) in [5, 5.41) is 13.3. The molecule has 0 spiro atoms. The van der Waals surface area contributed by atoms with Gasteiger partial charge in [0.25, 0.3) is 5.91 Å². The summed E-state index contributed by atoms with van der Waals surface area (Å²) >= 11 is 5.72. The zero-order chi connectivity index (χ0) is 23.8. The molecule has 1 amide bonds. The molecule has 1 atom stereocenters. The molecule has 1 saturated carbocycles. The zero-order valence-corrected chi connectivity index (χ0v) is 19.4. The van der Waals surface area contributed by atoms with E-state index in [1.807, 2.05) is 0 Å². The maximum absolute atomic E-state index is 14.6. The summed E-state index contributed by atoms with van der Waals surface area (Å²) in [6, 6.07) is 6.72. The molecule has 0 radical (unpaired) electrons. The number of carbonyl (C=O) groups excluding carboxylic acids is 1. The van der Waals surface area contributed by atoms with E-state index in [1.165, 1.54) is 22.5 Å². The monoisotopic (exact) mass is 498 g/mol. The molecule has 2 N–H and O–H groups in total. The average molecular weight is 499 g/mol. The molecule has 1 aliphatic heterocycles. The molecule has 1 heterocycles. The molecule has 1 saturated heterocycles. The van der Waals surface area contributed by atoms with Crippen molar-refractivity contribution < 1.29 is 27.1 Å². The summed E-state index contributed by atoms with van der Waals surface area (Å²) in [7, 11) is -4.23. The van der Waals surface area contributed by atoms with Gasteiger partial charge in [-0.15, -0.1) is 0 Å². The molecule has 2 aromatic rings. The smallest absolute Gasteiger partial charge is 0.255 e. The standard InChI is InChI=1S/C23H25ClF2N2O4S/c24-18-14-17(6-8-19(18)25)27-22(29)15-3-7-20(26)21(13-15)33(31,32)28-11-2-1-9-23(30,10-12-28)16-4-5-16/h3,6-8,13-14,16,30H,1-2,4-5,9-12H2,(H,27,29). The first kappa shape index (κ1) is 24.1. The molecule has 10 heteroatoms. The Balaban J connectivity index is 1.56. The lowest BCUT2D eigenvalue weighted by Gasteiger charge is -2.34. The van der Waals surface area contributed by atoms with E-state index in [9.17, 15) is 27.1 Å². The molecule has 6 nitrogen and oxygen atoms in total. The molecule has 0 aromatic heterocycles. The Kier molecular flexibility index (Phi) is 6.77. The minimum absolute atomic E-state index is 0.0723. The average Bonchev–Trinajstić information content (AvgIpc) is 3.60. The van der Waals surface area contributed by atoms with Crippen LogP contribution in [0, 0.1) is 17.6 Å². The van der Waals surface area contributed by atoms with Crippen molar-refractivity contribution in [2.75, 3.05) is 18.4 Å². The van der Waals surface area contributed by atoms with Crippen molar-refractivity contribution in [2.45, 2.75) is 49.0 Å². The molecule has 4 rings (SSSR count). The van der Waals surface area contributed by atoms with E-state index in [0.29, 0.717) is 25.7 Å². The number of carbonyl (C=O) groups is 1. The van der Waals surface area contributed by atoms with Gasteiger partial charge < -0.3 is 10.4 Å². The van der Waals surface area contributed by atoms with E-state index in [-0.39, 0.29) is 35.3 Å². The van der Waals surface area contributed by atoms with Gasteiger partial charge in [0, 0.05) is 24.3 Å². The van der Waals surface area contributed by atoms with E-state index in [1.54, 1.807) is 0 Å². The van der Waals surface area contributed by atoms with Gasteiger partial charge in [-0.1, -0.05) is 11.6 Å². The van der Waals surface area contributed by atoms with Crippen LogP contribution >= 0.6 is 11.6 Å². The molecule has 2 fully saturated rings. The molecule has 2 aliphatic rings. The Morgan fingerprint density at radius 3 is 2.48 bits per heavy atom. The topological polar surface area (TPSA) is 86.7 Å². The number of halogens is 3. The van der Waals surface area contributed by atoms with E-state index in [2.05, 4.69) is 5.32 Å². The maximum Gasteiger partial charge on any atom is 0.255 e. The Hall–Kier alpha value is -2.07. The van der Waals surface area contributed by atoms with Crippen molar-refractivity contribution in [3.63, 3.8) is 0 Å². The van der Waals surface area contributed by atoms with Gasteiger partial charge in [-0.2, -0.15) is 4.31 Å². The second-order valence-electron chi connectivity index (χ2n) is 8.72. The number of benzene rings is 2. The van der Waals surface area contributed by atoms with Crippen molar-refractivity contribution in [1.82, 2.24) is 4.31 Å². The number of nitrogens with zero attached hydrogens (tertiary/aromatic N) is 1. The number of rotatable bonds is 5. The molecule has 33 heavy (non-hydrogen) atoms. The van der Waals surface area contributed by atoms with Crippen LogP contribution in [0.5, 0.6) is 0 Å². The van der Waals surface area contributed by atoms with Gasteiger partial charge in [0.05, 0.1) is 10.6 Å². The Morgan fingerprint density at radius 1 is 1.06 bits per heavy atom. The van der Waals surface area contributed by atoms with Crippen LogP contribution in [0.4, 0.5) is 14.5 Å². The van der Waals surface area contributed by atoms with E-state index >= 15 is 0 Å². The fourth-order valence-electron chi connectivity index (χ4n) is 4.30. The summed E-state index contributed by atoms with van der Waals surface area (Å²) in [5.74, 6) is -2.10. The lowest BCUT2D eigenvalue weighted by Crippen LogP contribution is -2.42. The van der Waals surface area contributed by atoms with Gasteiger partial charge in [-0.3, -0.25) is 4.79 Å². The summed E-state index contributed by atoms with van der Waals surface area (Å²) in [6.45, 7) is 0.298. The number of aliphatic hydroxyl groups is 1. The Bertz CT molecular complexity index is 1170. The lowest BCUT2D eigenvalue weighted by atomic mass is 9.87. The highest BCUT2D eigenvalue weighted by Crippen LogP contribution is 2.45. The van der Waals surface area contributed by atoms with Crippen LogP contribution in [0.2, 0.25) is 5.02 Å². The first-order chi connectivity index (χ1) is 15.6. The van der Waals surface area contributed by atoms with Gasteiger partial charge in [-0.05, 0) is 80.8 Å². The minimum Gasteiger partial charge on any atom is -0.390 e. The van der Waals surface area contributed by atoms with Crippen molar-refractivity contribution in [1.29, 1.82) is 0 Å². The van der Waals surface area contributed by atoms with Gasteiger partial charge in [0.15, 0.2) is 0 Å². The van der Waals surface area contributed by atoms with E-state index in [4.69, 9.17) is 11.6 Å². The quantitative estimate of drug-likeness (QED) is 0.632. The molecular weight excluding hydrogens is 474 g/mol. The molecule has 0 bridgehead atoms. The third kappa shape index (κ3) is 5.21. The van der Waals surface area contributed by atoms with Gasteiger partial charge >= 0.3 is 0 Å². The number of hydrogen-bond acceptors (Lipinski definition) is 4. The first-order valence-electron chi connectivity index (χ1n) is 10.9. The largest absolute Gasteiger partial charge is 0.390 e. The highest BCUT2D eigenvalue weighted by Gasteiger charge is 2.44. The molecule has 178 valence electrons. The second-order valence-corrected chi connectivity index (χ2v) is 11.0. The Labute approximate surface area is 196 Å². The minimum atomic E-state index is -4.23. The highest BCUT2D eigenvalue weighted by atomic mass is 35.5. The normalized spacial score (nSPS) is 22.4. The fraction of sp³-hybridized carbons (Fsp3) is 0.435. The number of amides is 1. The van der Waals surface area contributed by atoms with Crippen LogP contribution in [-0.4, -0.2) is 42.4 Å². The number of hydrogen-bond donors (Lipinski definition) is 2. The van der Waals surface area contributed by atoms with E-state index in [0.717, 1.165) is 31.0 Å². The molecule has 2 aromatic carbocycles. The number of sulfonamides is 1. The van der Waals surface area contributed by atoms with Crippen molar-refractivity contribution in [2.24, 2.45) is 5.92 Å². The van der Waals surface area contributed by atoms with Gasteiger partial charge in [0.1, 0.15) is 16.5 Å². The van der Waals surface area contributed by atoms with Gasteiger partial charge in [0.2, 0.25) is 10.0 Å². The number of anilines is 1. The number of nitrogens with one attached hydrogen (secondary N) is 1. The fourth-order valence-corrected chi connectivity index (χ4v) is 6.05. The Morgan fingerprint density at radius 2 is 1.79 bits per heavy atom. The molecular formula is C23H25ClF2N2O4S. The zero-order valence-electron chi connectivity index (χ0n) is 17.9. The molecule has 1 aliphatic carbocycles. The summed E-state index contributed by atoms with van der Waals surface area (Å²) in [6.07, 6.45) is 4.06. The van der Waals surface area contributed by atoms with Crippen LogP contribution in [0.15, 0.2) is 41.3 Å². The SMILES string of the molecule is O=C(Nc1ccc(F)c(Cl)c1)c1ccc(F)c(S(=O)(=O)N2CCCCC(O)(C3CC3)CC2)c1. The lowest BCUT2D eigenvalue weighted by molar-refractivity contribution is -0.0100. The van der Waals surface area contributed by atoms with Crippen LogP contribution in [-0.2, 0) is 10.0 Å². The second kappa shape index (κ2) is 9.29. The third-order valence-corrected chi connectivity index (χ3v) is 8.59. The van der Waals surface area contributed by atoms with Crippen molar-refractivity contribution in [3.05, 3.63) is 58.6 Å².